The smallest absolute Gasteiger partial charge is 0.238 e. The summed E-state index contributed by atoms with van der Waals surface area (Å²) in [6.45, 7) is 0.284. The molecule has 120 valence electrons. The normalized spacial score (nSPS) is 12.4. The fourth-order valence-electron chi connectivity index (χ4n) is 1.41. The van der Waals surface area contributed by atoms with E-state index in [1.54, 1.807) is 0 Å². The van der Waals surface area contributed by atoms with Gasteiger partial charge < -0.3 is 4.74 Å². The Balaban J connectivity index is 3.05. The number of rotatable bonds is 7. The number of ether oxygens (including phenoxy) is 1. The molecule has 0 saturated carbocycles. The minimum atomic E-state index is -3.99. The number of nitrogens with one attached hydrogen (secondary N) is 1. The molecular formula is C10H14Cl2N2O5S2. The lowest BCUT2D eigenvalue weighted by Crippen LogP contribution is -2.19. The molecule has 11 heteroatoms. The lowest BCUT2D eigenvalue weighted by atomic mass is 10.3. The van der Waals surface area contributed by atoms with Crippen molar-refractivity contribution in [3.05, 3.63) is 22.2 Å². The number of methoxy groups -OCH3 is 1. The van der Waals surface area contributed by atoms with Crippen molar-refractivity contribution in [1.82, 2.24) is 0 Å². The number of hydrogen-bond donors (Lipinski definition) is 2. The van der Waals surface area contributed by atoms with Crippen molar-refractivity contribution in [3.8, 4) is 0 Å². The first-order chi connectivity index (χ1) is 9.57. The Morgan fingerprint density at radius 1 is 1.19 bits per heavy atom. The molecule has 0 heterocycles. The molecule has 0 spiro atoms. The van der Waals surface area contributed by atoms with Crippen LogP contribution in [-0.4, -0.2) is 36.3 Å². The molecular weight excluding hydrogens is 363 g/mol. The topological polar surface area (TPSA) is 116 Å². The van der Waals surface area contributed by atoms with Crippen molar-refractivity contribution >= 4 is 48.9 Å². The maximum atomic E-state index is 11.8. The van der Waals surface area contributed by atoms with E-state index in [0.717, 1.165) is 12.1 Å². The average molecular weight is 377 g/mol. The first-order valence-corrected chi connectivity index (χ1v) is 9.53. The predicted octanol–water partition coefficient (Wildman–Crippen LogP) is 1.42. The van der Waals surface area contributed by atoms with Crippen molar-refractivity contribution in [2.75, 3.05) is 24.2 Å². The van der Waals surface area contributed by atoms with Crippen LogP contribution in [0, 0.1) is 0 Å². The van der Waals surface area contributed by atoms with Gasteiger partial charge in [-0.05, 0) is 18.6 Å². The van der Waals surface area contributed by atoms with E-state index in [4.69, 9.17) is 33.1 Å². The van der Waals surface area contributed by atoms with Gasteiger partial charge >= 0.3 is 0 Å². The Labute approximate surface area is 133 Å². The summed E-state index contributed by atoms with van der Waals surface area (Å²) in [5.74, 6) is -0.190. The Morgan fingerprint density at radius 2 is 1.71 bits per heavy atom. The molecule has 0 bridgehead atoms. The van der Waals surface area contributed by atoms with Gasteiger partial charge in [0.1, 0.15) is 0 Å². The van der Waals surface area contributed by atoms with Crippen LogP contribution in [0.1, 0.15) is 6.42 Å². The van der Waals surface area contributed by atoms with Crippen molar-refractivity contribution < 1.29 is 21.6 Å². The van der Waals surface area contributed by atoms with Gasteiger partial charge in [0.05, 0.1) is 26.4 Å². The molecule has 0 amide bonds. The van der Waals surface area contributed by atoms with Crippen LogP contribution in [0.4, 0.5) is 5.69 Å². The molecule has 0 aliphatic rings. The molecule has 7 nitrogen and oxygen atoms in total. The summed E-state index contributed by atoms with van der Waals surface area (Å²) in [4.78, 5) is -0.306. The molecule has 0 unspecified atom stereocenters. The Morgan fingerprint density at radius 3 is 2.14 bits per heavy atom. The van der Waals surface area contributed by atoms with E-state index >= 15 is 0 Å². The predicted molar refractivity (Wildman–Crippen MR) is 81.7 cm³/mol. The number of hydrogen-bond acceptors (Lipinski definition) is 5. The van der Waals surface area contributed by atoms with E-state index in [1.165, 1.54) is 7.11 Å². The summed E-state index contributed by atoms with van der Waals surface area (Å²) in [5, 5.41) is 4.63. The van der Waals surface area contributed by atoms with Gasteiger partial charge in [-0.15, -0.1) is 0 Å². The molecule has 1 rings (SSSR count). The molecule has 0 aliphatic carbocycles. The standard InChI is InChI=1S/C10H14Cl2N2O5S2/c1-19-3-2-4-20(15,16)14-10-8(11)5-7(6-9(10)12)21(13,17)18/h5-6,14H,2-4H2,1H3,(H2,13,17,18). The van der Waals surface area contributed by atoms with E-state index in [-0.39, 0.29) is 39.4 Å². The van der Waals surface area contributed by atoms with Gasteiger partial charge in [0.15, 0.2) is 0 Å². The highest BCUT2D eigenvalue weighted by atomic mass is 35.5. The molecule has 0 fully saturated rings. The Bertz CT molecular complexity index is 696. The van der Waals surface area contributed by atoms with Gasteiger partial charge in [-0.3, -0.25) is 4.72 Å². The monoisotopic (exact) mass is 376 g/mol. The molecule has 0 saturated heterocycles. The van der Waals surface area contributed by atoms with Crippen molar-refractivity contribution in [2.45, 2.75) is 11.3 Å². The third-order valence-corrected chi connectivity index (χ3v) is 5.19. The SMILES string of the molecule is COCCCS(=O)(=O)Nc1c(Cl)cc(S(N)(=O)=O)cc1Cl. The maximum absolute atomic E-state index is 11.8. The number of anilines is 1. The molecule has 1 aromatic carbocycles. The fraction of sp³-hybridized carbons (Fsp3) is 0.400. The van der Waals surface area contributed by atoms with Crippen LogP contribution in [0.15, 0.2) is 17.0 Å². The van der Waals surface area contributed by atoms with Crippen LogP contribution in [0.3, 0.4) is 0 Å². The van der Waals surface area contributed by atoms with E-state index < -0.39 is 20.0 Å². The number of benzene rings is 1. The van der Waals surface area contributed by atoms with Gasteiger partial charge in [-0.2, -0.15) is 0 Å². The van der Waals surface area contributed by atoms with Crippen LogP contribution in [0.5, 0.6) is 0 Å². The highest BCUT2D eigenvalue weighted by Crippen LogP contribution is 2.33. The minimum absolute atomic E-state index is 0.0943. The second kappa shape index (κ2) is 7.12. The first kappa shape index (κ1) is 18.5. The summed E-state index contributed by atoms with van der Waals surface area (Å²) in [7, 11) is -6.21. The minimum Gasteiger partial charge on any atom is -0.385 e. The average Bonchev–Trinajstić information content (AvgIpc) is 2.32. The molecule has 3 N–H and O–H groups in total. The lowest BCUT2D eigenvalue weighted by molar-refractivity contribution is 0.199. The summed E-state index contributed by atoms with van der Waals surface area (Å²) in [6.07, 6.45) is 0.288. The van der Waals surface area contributed by atoms with Crippen LogP contribution in [-0.2, 0) is 24.8 Å². The highest BCUT2D eigenvalue weighted by molar-refractivity contribution is 7.92. The number of nitrogens with two attached hydrogens (primary N) is 1. The van der Waals surface area contributed by atoms with Crippen molar-refractivity contribution in [2.24, 2.45) is 5.14 Å². The Kier molecular flexibility index (Phi) is 6.26. The highest BCUT2D eigenvalue weighted by Gasteiger charge is 2.18. The lowest BCUT2D eigenvalue weighted by Gasteiger charge is -2.12. The van der Waals surface area contributed by atoms with Crippen molar-refractivity contribution in [1.29, 1.82) is 0 Å². The second-order valence-corrected chi connectivity index (χ2v) is 8.29. The van der Waals surface area contributed by atoms with Gasteiger partial charge in [0, 0.05) is 13.7 Å². The third-order valence-electron chi connectivity index (χ3n) is 2.36. The molecule has 0 radical (unpaired) electrons. The summed E-state index contributed by atoms with van der Waals surface area (Å²) in [5.41, 5.74) is -0.0943. The molecule has 0 aromatic heterocycles. The fourth-order valence-corrected chi connectivity index (χ4v) is 3.93. The third kappa shape index (κ3) is 5.61. The summed E-state index contributed by atoms with van der Waals surface area (Å²) >= 11 is 11.7. The maximum Gasteiger partial charge on any atom is 0.238 e. The largest absolute Gasteiger partial charge is 0.385 e. The van der Waals surface area contributed by atoms with E-state index in [0.29, 0.717) is 0 Å². The van der Waals surface area contributed by atoms with Crippen LogP contribution in [0.25, 0.3) is 0 Å². The molecule has 0 aliphatic heterocycles. The number of sulfonamides is 2. The van der Waals surface area contributed by atoms with Gasteiger partial charge in [0.2, 0.25) is 20.0 Å². The molecule has 21 heavy (non-hydrogen) atoms. The summed E-state index contributed by atoms with van der Waals surface area (Å²) < 4.78 is 53.1. The molecule has 0 atom stereocenters. The van der Waals surface area contributed by atoms with Gasteiger partial charge in [0.25, 0.3) is 0 Å². The summed E-state index contributed by atoms with van der Waals surface area (Å²) in [6, 6.07) is 2.05. The zero-order chi connectivity index (χ0) is 16.3. The zero-order valence-corrected chi connectivity index (χ0v) is 14.1. The van der Waals surface area contributed by atoms with Gasteiger partial charge in [-0.1, -0.05) is 23.2 Å². The van der Waals surface area contributed by atoms with E-state index in [1.807, 2.05) is 0 Å². The second-order valence-electron chi connectivity index (χ2n) is 4.07. The van der Waals surface area contributed by atoms with Crippen molar-refractivity contribution in [3.63, 3.8) is 0 Å². The number of halogens is 2. The quantitative estimate of drug-likeness (QED) is 0.698. The van der Waals surface area contributed by atoms with Crippen LogP contribution >= 0.6 is 23.2 Å². The Hall–Kier alpha value is -0.580. The van der Waals surface area contributed by atoms with E-state index in [2.05, 4.69) is 4.72 Å². The number of primary sulfonamides is 1. The van der Waals surface area contributed by atoms with E-state index in [9.17, 15) is 16.8 Å². The zero-order valence-electron chi connectivity index (χ0n) is 11.0. The van der Waals surface area contributed by atoms with Crippen LogP contribution in [0.2, 0.25) is 10.0 Å². The van der Waals surface area contributed by atoms with Gasteiger partial charge in [-0.25, -0.2) is 22.0 Å². The first-order valence-electron chi connectivity index (χ1n) is 5.58. The molecule has 1 aromatic rings. The van der Waals surface area contributed by atoms with Crippen LogP contribution < -0.4 is 9.86 Å².